The fraction of sp³-hybridized carbons (Fsp3) is 0.222. The van der Waals surface area contributed by atoms with Crippen LogP contribution < -0.4 is 11.1 Å². The van der Waals surface area contributed by atoms with Gasteiger partial charge in [0.15, 0.2) is 0 Å². The number of hydrogen-bond donors (Lipinski definition) is 4. The van der Waals surface area contributed by atoms with E-state index < -0.39 is 5.97 Å². The lowest BCUT2D eigenvalue weighted by atomic mass is 10.2. The summed E-state index contributed by atoms with van der Waals surface area (Å²) in [6, 6.07) is 3.32. The number of nitrogens with zero attached hydrogens (tertiary/aromatic N) is 1. The van der Waals surface area contributed by atoms with Crippen LogP contribution in [0.15, 0.2) is 18.3 Å². The third kappa shape index (κ3) is 4.14. The third-order valence-electron chi connectivity index (χ3n) is 1.73. The number of carboxylic acids is 1. The molecule has 0 bridgehead atoms. The molecule has 0 saturated carbocycles. The van der Waals surface area contributed by atoms with Crippen molar-refractivity contribution in [2.45, 2.75) is 6.42 Å². The van der Waals surface area contributed by atoms with E-state index in [4.69, 9.17) is 16.2 Å². The molecule has 5 N–H and O–H groups in total. The Bertz CT molecular complexity index is 384. The van der Waals surface area contributed by atoms with Gasteiger partial charge in [-0.3, -0.25) is 10.2 Å². The number of anilines is 1. The quantitative estimate of drug-likeness (QED) is 0.449. The normalized spacial score (nSPS) is 9.00. The van der Waals surface area contributed by atoms with Gasteiger partial charge in [-0.2, -0.15) is 0 Å². The highest BCUT2D eigenvalue weighted by Crippen LogP contribution is 2.09. The van der Waals surface area contributed by atoms with E-state index in [9.17, 15) is 4.79 Å². The molecule has 1 aromatic heterocycles. The first-order chi connectivity index (χ1) is 7.11. The van der Waals surface area contributed by atoms with Crippen LogP contribution in [0.1, 0.15) is 12.0 Å². The van der Waals surface area contributed by atoms with E-state index in [2.05, 4.69) is 10.3 Å². The van der Waals surface area contributed by atoms with Crippen LogP contribution in [0.3, 0.4) is 0 Å². The van der Waals surface area contributed by atoms with Gasteiger partial charge in [0.05, 0.1) is 12.0 Å². The molecule has 0 saturated heterocycles. The van der Waals surface area contributed by atoms with Crippen LogP contribution in [0.4, 0.5) is 5.82 Å². The molecule has 6 nitrogen and oxygen atoms in total. The number of carbonyl (C=O) groups is 1. The highest BCUT2D eigenvalue weighted by Gasteiger charge is 2.05. The van der Waals surface area contributed by atoms with Gasteiger partial charge in [0.25, 0.3) is 0 Å². The maximum absolute atomic E-state index is 10.3. The largest absolute Gasteiger partial charge is 0.481 e. The lowest BCUT2D eigenvalue weighted by Crippen LogP contribution is -2.16. The van der Waals surface area contributed by atoms with E-state index in [1.54, 1.807) is 18.3 Å². The van der Waals surface area contributed by atoms with Crippen LogP contribution in [0.25, 0.3) is 0 Å². The average Bonchev–Trinajstić information content (AvgIpc) is 2.17. The van der Waals surface area contributed by atoms with Crippen molar-refractivity contribution in [1.82, 2.24) is 4.98 Å². The van der Waals surface area contributed by atoms with Crippen molar-refractivity contribution in [3.05, 3.63) is 23.9 Å². The minimum atomic E-state index is -0.886. The van der Waals surface area contributed by atoms with Gasteiger partial charge in [0, 0.05) is 12.7 Å². The molecule has 1 rings (SSSR count). The molecule has 1 aromatic rings. The van der Waals surface area contributed by atoms with Crippen molar-refractivity contribution in [3.8, 4) is 0 Å². The van der Waals surface area contributed by atoms with Gasteiger partial charge < -0.3 is 16.2 Å². The van der Waals surface area contributed by atoms with Crippen LogP contribution >= 0.6 is 12.4 Å². The molecule has 0 atom stereocenters. The monoisotopic (exact) mass is 244 g/mol. The number of pyridine rings is 1. The van der Waals surface area contributed by atoms with Crippen molar-refractivity contribution in [2.75, 3.05) is 11.9 Å². The molecule has 0 unspecified atom stereocenters. The van der Waals surface area contributed by atoms with E-state index in [0.29, 0.717) is 11.4 Å². The van der Waals surface area contributed by atoms with E-state index in [1.165, 1.54) is 0 Å². The number of halogens is 1. The molecule has 0 radical (unpaired) electrons. The molecule has 16 heavy (non-hydrogen) atoms. The molecule has 0 aliphatic rings. The number of nitrogens with one attached hydrogen (secondary N) is 2. The Morgan fingerprint density at radius 3 is 2.88 bits per heavy atom. The molecule has 0 aliphatic heterocycles. The highest BCUT2D eigenvalue weighted by atomic mass is 35.5. The standard InChI is InChI=1S/C9H12N4O2.ClH/c10-8(11)6-2-1-4-12-9(6)13-5-3-7(14)15;/h1-2,4H,3,5H2,(H3,10,11)(H,12,13)(H,14,15);1H. The Labute approximate surface area is 98.8 Å². The van der Waals surface area contributed by atoms with Crippen molar-refractivity contribution in [1.29, 1.82) is 5.41 Å². The fourth-order valence-electron chi connectivity index (χ4n) is 1.05. The Morgan fingerprint density at radius 1 is 1.62 bits per heavy atom. The minimum absolute atomic E-state index is 0. The number of nitrogens with two attached hydrogens (primary N) is 1. The van der Waals surface area contributed by atoms with E-state index in [-0.39, 0.29) is 31.2 Å². The third-order valence-corrected chi connectivity index (χ3v) is 1.73. The van der Waals surface area contributed by atoms with E-state index in [1.807, 2.05) is 0 Å². The molecule has 88 valence electrons. The first kappa shape index (κ1) is 14.2. The number of rotatable bonds is 5. The molecule has 0 amide bonds. The number of carboxylic acid groups (broad SMARTS) is 1. The average molecular weight is 245 g/mol. The molecule has 0 fully saturated rings. The first-order valence-corrected chi connectivity index (χ1v) is 4.36. The van der Waals surface area contributed by atoms with Crippen molar-refractivity contribution in [2.24, 2.45) is 5.73 Å². The second-order valence-corrected chi connectivity index (χ2v) is 2.88. The lowest BCUT2D eigenvalue weighted by Gasteiger charge is -2.08. The zero-order chi connectivity index (χ0) is 11.3. The summed E-state index contributed by atoms with van der Waals surface area (Å²) in [5.74, 6) is -0.546. The van der Waals surface area contributed by atoms with Crippen molar-refractivity contribution >= 4 is 30.0 Å². The molecule has 0 aromatic carbocycles. The van der Waals surface area contributed by atoms with Crippen molar-refractivity contribution < 1.29 is 9.90 Å². The SMILES string of the molecule is Cl.N=C(N)c1cccnc1NCCC(=O)O. The van der Waals surface area contributed by atoms with Crippen LogP contribution in [-0.4, -0.2) is 28.4 Å². The summed E-state index contributed by atoms with van der Waals surface area (Å²) >= 11 is 0. The number of nitrogen functional groups attached to an aromatic ring is 1. The lowest BCUT2D eigenvalue weighted by molar-refractivity contribution is -0.136. The van der Waals surface area contributed by atoms with Gasteiger partial charge in [-0.1, -0.05) is 0 Å². The molecule has 0 spiro atoms. The van der Waals surface area contributed by atoms with Gasteiger partial charge in [0.1, 0.15) is 11.7 Å². The summed E-state index contributed by atoms with van der Waals surface area (Å²) in [5.41, 5.74) is 5.81. The van der Waals surface area contributed by atoms with Gasteiger partial charge in [-0.05, 0) is 12.1 Å². The zero-order valence-electron chi connectivity index (χ0n) is 8.43. The summed E-state index contributed by atoms with van der Waals surface area (Å²) < 4.78 is 0. The number of aromatic nitrogens is 1. The second-order valence-electron chi connectivity index (χ2n) is 2.88. The topological polar surface area (TPSA) is 112 Å². The summed E-state index contributed by atoms with van der Waals surface area (Å²) in [5, 5.41) is 18.5. The van der Waals surface area contributed by atoms with Gasteiger partial charge in [-0.25, -0.2) is 4.98 Å². The smallest absolute Gasteiger partial charge is 0.305 e. The predicted molar refractivity (Wildman–Crippen MR) is 63.2 cm³/mol. The first-order valence-electron chi connectivity index (χ1n) is 4.36. The Balaban J connectivity index is 0.00000225. The van der Waals surface area contributed by atoms with Gasteiger partial charge in [-0.15, -0.1) is 12.4 Å². The van der Waals surface area contributed by atoms with E-state index >= 15 is 0 Å². The fourth-order valence-corrected chi connectivity index (χ4v) is 1.05. The van der Waals surface area contributed by atoms with E-state index in [0.717, 1.165) is 0 Å². The number of amidine groups is 1. The van der Waals surface area contributed by atoms with Crippen LogP contribution in [0.5, 0.6) is 0 Å². The Hall–Kier alpha value is -1.82. The van der Waals surface area contributed by atoms with Gasteiger partial charge >= 0.3 is 5.97 Å². The highest BCUT2D eigenvalue weighted by molar-refractivity contribution is 5.99. The number of hydrogen-bond acceptors (Lipinski definition) is 4. The Morgan fingerprint density at radius 2 is 2.31 bits per heavy atom. The van der Waals surface area contributed by atoms with Gasteiger partial charge in [0.2, 0.25) is 0 Å². The second kappa shape index (κ2) is 6.62. The maximum Gasteiger partial charge on any atom is 0.305 e. The molecule has 7 heteroatoms. The minimum Gasteiger partial charge on any atom is -0.481 e. The molecular formula is C9H13ClN4O2. The number of aliphatic carboxylic acids is 1. The summed E-state index contributed by atoms with van der Waals surface area (Å²) in [4.78, 5) is 14.3. The zero-order valence-corrected chi connectivity index (χ0v) is 9.25. The molecule has 1 heterocycles. The van der Waals surface area contributed by atoms with Crippen LogP contribution in [0, 0.1) is 5.41 Å². The van der Waals surface area contributed by atoms with Crippen LogP contribution in [-0.2, 0) is 4.79 Å². The molecular weight excluding hydrogens is 232 g/mol. The maximum atomic E-state index is 10.3. The van der Waals surface area contributed by atoms with Crippen molar-refractivity contribution in [3.63, 3.8) is 0 Å². The summed E-state index contributed by atoms with van der Waals surface area (Å²) in [6.07, 6.45) is 1.55. The Kier molecular flexibility index (Phi) is 5.87. The summed E-state index contributed by atoms with van der Waals surface area (Å²) in [7, 11) is 0. The predicted octanol–water partition coefficient (Wildman–Crippen LogP) is 0.674. The van der Waals surface area contributed by atoms with Crippen LogP contribution in [0.2, 0.25) is 0 Å². The molecule has 0 aliphatic carbocycles. The summed E-state index contributed by atoms with van der Waals surface area (Å²) in [6.45, 7) is 0.257.